The maximum atomic E-state index is 13.3. The van der Waals surface area contributed by atoms with Crippen molar-refractivity contribution < 1.29 is 24.6 Å². The number of rotatable bonds is 2. The van der Waals surface area contributed by atoms with E-state index in [0.29, 0.717) is 12.8 Å². The number of carbonyl (C=O) groups is 3. The molecule has 4 rings (SSSR count). The van der Waals surface area contributed by atoms with Crippen molar-refractivity contribution in [1.82, 2.24) is 0 Å². The van der Waals surface area contributed by atoms with E-state index in [-0.39, 0.29) is 35.7 Å². The van der Waals surface area contributed by atoms with Gasteiger partial charge >= 0.3 is 0 Å². The molecule has 0 aromatic rings. The van der Waals surface area contributed by atoms with Crippen LogP contribution < -0.4 is 0 Å². The summed E-state index contributed by atoms with van der Waals surface area (Å²) in [4.78, 5) is 37.4. The molecule has 0 unspecified atom stereocenters. The number of ketones is 3. The number of carbonyl (C=O) groups excluding carboxylic acids is 3. The zero-order valence-corrected chi connectivity index (χ0v) is 15.3. The van der Waals surface area contributed by atoms with E-state index in [1.165, 1.54) is 0 Å². The second kappa shape index (κ2) is 5.46. The molecule has 0 heterocycles. The number of aliphatic hydroxyl groups excluding tert-OH is 1. The molecule has 4 aliphatic rings. The monoisotopic (exact) mass is 358 g/mol. The molecule has 0 radical (unpaired) electrons. The molecule has 140 valence electrons. The Kier molecular flexibility index (Phi) is 3.74. The first-order valence-corrected chi connectivity index (χ1v) is 9.51. The predicted octanol–water partition coefficient (Wildman–Crippen LogP) is 1.77. The predicted molar refractivity (Wildman–Crippen MR) is 94.0 cm³/mol. The van der Waals surface area contributed by atoms with E-state index in [4.69, 9.17) is 0 Å². The maximum absolute atomic E-state index is 13.3. The van der Waals surface area contributed by atoms with Crippen molar-refractivity contribution in [2.45, 2.75) is 51.6 Å². The summed E-state index contributed by atoms with van der Waals surface area (Å²) in [6.07, 6.45) is 7.82. The van der Waals surface area contributed by atoms with Crippen LogP contribution in [0.3, 0.4) is 0 Å². The number of Topliss-reactive ketones (excluding diaryl/α,β-unsaturated/α-hetero) is 2. The van der Waals surface area contributed by atoms with Gasteiger partial charge in [-0.1, -0.05) is 25.5 Å². The lowest BCUT2D eigenvalue weighted by Crippen LogP contribution is -2.60. The fourth-order valence-electron chi connectivity index (χ4n) is 6.62. The van der Waals surface area contributed by atoms with E-state index in [1.54, 1.807) is 12.2 Å². The summed E-state index contributed by atoms with van der Waals surface area (Å²) < 4.78 is 0. The topological polar surface area (TPSA) is 91.7 Å². The second-order valence-corrected chi connectivity index (χ2v) is 9.02. The maximum Gasteiger partial charge on any atom is 0.190 e. The fourth-order valence-corrected chi connectivity index (χ4v) is 6.62. The summed E-state index contributed by atoms with van der Waals surface area (Å²) >= 11 is 0. The Labute approximate surface area is 153 Å². The lowest BCUT2D eigenvalue weighted by molar-refractivity contribution is -0.168. The van der Waals surface area contributed by atoms with Crippen LogP contribution in [0.25, 0.3) is 0 Å². The van der Waals surface area contributed by atoms with E-state index in [9.17, 15) is 24.6 Å². The molecule has 3 fully saturated rings. The average molecular weight is 358 g/mol. The highest BCUT2D eigenvalue weighted by atomic mass is 16.3. The van der Waals surface area contributed by atoms with Crippen LogP contribution in [0.15, 0.2) is 23.8 Å². The Hall–Kier alpha value is -1.59. The Morgan fingerprint density at radius 2 is 2.00 bits per heavy atom. The number of fused-ring (bicyclic) bond motifs is 5. The zero-order valence-electron chi connectivity index (χ0n) is 15.3. The van der Waals surface area contributed by atoms with E-state index in [0.717, 1.165) is 18.4 Å². The van der Waals surface area contributed by atoms with E-state index < -0.39 is 28.8 Å². The van der Waals surface area contributed by atoms with Crippen molar-refractivity contribution in [3.05, 3.63) is 23.8 Å². The van der Waals surface area contributed by atoms with Gasteiger partial charge < -0.3 is 10.2 Å². The Bertz CT molecular complexity index is 764. The molecule has 26 heavy (non-hydrogen) atoms. The molecule has 0 bridgehead atoms. The molecule has 0 aliphatic heterocycles. The molecule has 0 aromatic carbocycles. The molecular formula is C21H26O5. The molecule has 3 saturated carbocycles. The molecule has 5 heteroatoms. The highest BCUT2D eigenvalue weighted by molar-refractivity contribution is 6.02. The number of aliphatic hydroxyl groups is 2. The second-order valence-electron chi connectivity index (χ2n) is 9.02. The molecule has 0 aromatic heterocycles. The quantitative estimate of drug-likeness (QED) is 0.785. The summed E-state index contributed by atoms with van der Waals surface area (Å²) in [5.41, 5.74) is -1.86. The van der Waals surface area contributed by atoms with Gasteiger partial charge in [-0.05, 0) is 49.7 Å². The normalized spacial score (nSPS) is 47.1. The Morgan fingerprint density at radius 3 is 2.69 bits per heavy atom. The molecule has 6 atom stereocenters. The van der Waals surface area contributed by atoms with Gasteiger partial charge in [-0.15, -0.1) is 0 Å². The summed E-state index contributed by atoms with van der Waals surface area (Å²) in [7, 11) is 0. The molecule has 0 amide bonds. The van der Waals surface area contributed by atoms with Crippen LogP contribution >= 0.6 is 0 Å². The largest absolute Gasteiger partial charge is 0.388 e. The number of hydrogen-bond acceptors (Lipinski definition) is 5. The third-order valence-electron chi connectivity index (χ3n) is 8.01. The van der Waals surface area contributed by atoms with Crippen LogP contribution in [0.4, 0.5) is 0 Å². The van der Waals surface area contributed by atoms with Crippen molar-refractivity contribution >= 4 is 17.3 Å². The zero-order chi connectivity index (χ0) is 18.9. The molecule has 2 N–H and O–H groups in total. The van der Waals surface area contributed by atoms with Crippen molar-refractivity contribution in [2.24, 2.45) is 28.6 Å². The molecule has 0 saturated heterocycles. The first kappa shape index (κ1) is 17.8. The average Bonchev–Trinajstić information content (AvgIpc) is 2.86. The number of allylic oxidation sites excluding steroid dienone is 4. The summed E-state index contributed by atoms with van der Waals surface area (Å²) in [6, 6.07) is 0. The smallest absolute Gasteiger partial charge is 0.190 e. The lowest BCUT2D eigenvalue weighted by Gasteiger charge is -2.56. The van der Waals surface area contributed by atoms with Crippen LogP contribution in [-0.4, -0.2) is 39.8 Å². The fraction of sp³-hybridized carbons (Fsp3) is 0.667. The van der Waals surface area contributed by atoms with Gasteiger partial charge in [0.15, 0.2) is 11.6 Å². The Balaban J connectivity index is 1.76. The minimum atomic E-state index is -1.62. The van der Waals surface area contributed by atoms with Crippen LogP contribution in [-0.2, 0) is 14.4 Å². The summed E-state index contributed by atoms with van der Waals surface area (Å²) in [5, 5.41) is 20.5. The first-order valence-electron chi connectivity index (χ1n) is 9.51. The van der Waals surface area contributed by atoms with Crippen molar-refractivity contribution in [3.8, 4) is 0 Å². The Morgan fingerprint density at radius 1 is 1.27 bits per heavy atom. The van der Waals surface area contributed by atoms with Gasteiger partial charge in [0.1, 0.15) is 18.0 Å². The SMILES string of the molecule is C[C@]12C=CC(=O)C=C1CC[C@H]1[C@H]3CC[C@@](O)(C(=O)CO)[C@@]3(C)CC(=O)[C@@H]12. The number of hydrogen-bond donors (Lipinski definition) is 2. The molecule has 5 nitrogen and oxygen atoms in total. The lowest BCUT2D eigenvalue weighted by atomic mass is 9.46. The van der Waals surface area contributed by atoms with Crippen LogP contribution in [0.2, 0.25) is 0 Å². The van der Waals surface area contributed by atoms with E-state index in [2.05, 4.69) is 0 Å². The van der Waals surface area contributed by atoms with E-state index >= 15 is 0 Å². The van der Waals surface area contributed by atoms with Gasteiger partial charge in [-0.2, -0.15) is 0 Å². The van der Waals surface area contributed by atoms with Crippen LogP contribution in [0.5, 0.6) is 0 Å². The third-order valence-corrected chi connectivity index (χ3v) is 8.01. The van der Waals surface area contributed by atoms with E-state index in [1.807, 2.05) is 19.9 Å². The summed E-state index contributed by atoms with van der Waals surface area (Å²) in [6.45, 7) is 3.19. The molecule has 0 spiro atoms. The van der Waals surface area contributed by atoms with Crippen molar-refractivity contribution in [3.63, 3.8) is 0 Å². The van der Waals surface area contributed by atoms with Gasteiger partial charge in [0.05, 0.1) is 0 Å². The highest BCUT2D eigenvalue weighted by Crippen LogP contribution is 2.66. The van der Waals surface area contributed by atoms with Gasteiger partial charge in [0.2, 0.25) is 0 Å². The standard InChI is InChI=1S/C21H26O5/c1-19-7-5-13(23)9-12(19)3-4-14-15-6-8-21(26,17(25)11-22)20(15,2)10-16(24)18(14)19/h5,7,9,14-15,18,22,26H,3-4,6,8,10-11H2,1-2H3/t14-,15+,18+,19-,20-,21+/m0/s1. The van der Waals surface area contributed by atoms with Gasteiger partial charge in [-0.3, -0.25) is 14.4 Å². The van der Waals surface area contributed by atoms with Gasteiger partial charge in [-0.25, -0.2) is 0 Å². The van der Waals surface area contributed by atoms with Crippen LogP contribution in [0, 0.1) is 28.6 Å². The van der Waals surface area contributed by atoms with Crippen LogP contribution in [0.1, 0.15) is 46.0 Å². The first-order chi connectivity index (χ1) is 12.2. The molecule has 4 aliphatic carbocycles. The highest BCUT2D eigenvalue weighted by Gasteiger charge is 2.68. The van der Waals surface area contributed by atoms with Crippen molar-refractivity contribution in [2.75, 3.05) is 6.61 Å². The minimum Gasteiger partial charge on any atom is -0.388 e. The van der Waals surface area contributed by atoms with Crippen molar-refractivity contribution in [1.29, 1.82) is 0 Å². The minimum absolute atomic E-state index is 0.0206. The van der Waals surface area contributed by atoms with Gasteiger partial charge in [0.25, 0.3) is 0 Å². The van der Waals surface area contributed by atoms with Gasteiger partial charge in [0, 0.05) is 23.2 Å². The third kappa shape index (κ3) is 2.01. The molecular weight excluding hydrogens is 332 g/mol. The summed E-state index contributed by atoms with van der Waals surface area (Å²) in [5.74, 6) is -0.590.